The lowest BCUT2D eigenvalue weighted by Gasteiger charge is -2.42. The van der Waals surface area contributed by atoms with Crippen LogP contribution in [0.4, 0.5) is 0 Å². The Balaban J connectivity index is 2.12. The highest BCUT2D eigenvalue weighted by atomic mass is 79.9. The Kier molecular flexibility index (Phi) is 3.44. The molecule has 0 bridgehead atoms. The van der Waals surface area contributed by atoms with Crippen LogP contribution in [0.15, 0.2) is 28.7 Å². The Morgan fingerprint density at radius 3 is 2.80 bits per heavy atom. The summed E-state index contributed by atoms with van der Waals surface area (Å²) >= 11 is 3.52. The van der Waals surface area contributed by atoms with Gasteiger partial charge in [0.2, 0.25) is 0 Å². The zero-order valence-corrected chi connectivity index (χ0v) is 10.6. The van der Waals surface area contributed by atoms with Crippen molar-refractivity contribution in [2.45, 2.75) is 25.4 Å². The quantitative estimate of drug-likeness (QED) is 0.913. The van der Waals surface area contributed by atoms with Gasteiger partial charge in [0.05, 0.1) is 0 Å². The predicted molar refractivity (Wildman–Crippen MR) is 66.7 cm³/mol. The predicted octanol–water partition coefficient (Wildman–Crippen LogP) is 2.54. The van der Waals surface area contributed by atoms with E-state index in [2.05, 4.69) is 52.0 Å². The summed E-state index contributed by atoms with van der Waals surface area (Å²) < 4.78 is 1.16. The van der Waals surface area contributed by atoms with Crippen molar-refractivity contribution in [2.75, 3.05) is 13.1 Å². The molecular formula is C12H17BrN2. The summed E-state index contributed by atoms with van der Waals surface area (Å²) in [4.78, 5) is 2.45. The smallest absolute Gasteiger partial charge is 0.0347 e. The summed E-state index contributed by atoms with van der Waals surface area (Å²) in [5.41, 5.74) is 7.21. The minimum absolute atomic E-state index is 0.381. The average Bonchev–Trinajstić information content (AvgIpc) is 2.16. The molecule has 1 fully saturated rings. The first-order valence-corrected chi connectivity index (χ1v) is 6.25. The van der Waals surface area contributed by atoms with Crippen molar-refractivity contribution in [2.24, 2.45) is 5.73 Å². The van der Waals surface area contributed by atoms with Gasteiger partial charge >= 0.3 is 0 Å². The highest BCUT2D eigenvalue weighted by Crippen LogP contribution is 2.29. The molecule has 1 heterocycles. The van der Waals surface area contributed by atoms with E-state index >= 15 is 0 Å². The minimum Gasteiger partial charge on any atom is -0.325 e. The second kappa shape index (κ2) is 4.64. The van der Waals surface area contributed by atoms with Gasteiger partial charge in [-0.2, -0.15) is 0 Å². The number of nitrogens with two attached hydrogens (primary N) is 1. The molecule has 0 aromatic heterocycles. The molecule has 1 atom stereocenters. The lowest BCUT2D eigenvalue weighted by Crippen LogP contribution is -2.56. The molecule has 1 saturated heterocycles. The van der Waals surface area contributed by atoms with Crippen LogP contribution in [-0.2, 0) is 0 Å². The summed E-state index contributed by atoms with van der Waals surface area (Å²) in [5, 5.41) is 0. The molecule has 0 spiro atoms. The third-order valence-corrected chi connectivity index (χ3v) is 3.49. The Bertz CT molecular complexity index is 334. The van der Waals surface area contributed by atoms with Crippen molar-refractivity contribution >= 4 is 15.9 Å². The SMILES string of the molecule is CCC(c1cccc(Br)c1)N1CC(N)C1. The first kappa shape index (κ1) is 11.1. The number of nitrogens with zero attached hydrogens (tertiary/aromatic N) is 1. The number of halogens is 1. The monoisotopic (exact) mass is 268 g/mol. The van der Waals surface area contributed by atoms with Gasteiger partial charge in [0, 0.05) is 29.6 Å². The fourth-order valence-electron chi connectivity index (χ4n) is 2.22. The van der Waals surface area contributed by atoms with Gasteiger partial charge in [-0.05, 0) is 24.1 Å². The maximum absolute atomic E-state index is 5.82. The molecule has 0 radical (unpaired) electrons. The largest absolute Gasteiger partial charge is 0.325 e. The van der Waals surface area contributed by atoms with Gasteiger partial charge in [-0.15, -0.1) is 0 Å². The summed E-state index contributed by atoms with van der Waals surface area (Å²) in [5.74, 6) is 0. The molecule has 1 aliphatic heterocycles. The van der Waals surface area contributed by atoms with Crippen molar-refractivity contribution in [3.05, 3.63) is 34.3 Å². The first-order chi connectivity index (χ1) is 7.20. The molecule has 1 unspecified atom stereocenters. The van der Waals surface area contributed by atoms with E-state index in [1.54, 1.807) is 0 Å². The third kappa shape index (κ3) is 2.41. The van der Waals surface area contributed by atoms with Gasteiger partial charge in [-0.1, -0.05) is 35.0 Å². The normalized spacial score (nSPS) is 19.9. The van der Waals surface area contributed by atoms with E-state index in [0.717, 1.165) is 24.0 Å². The zero-order valence-electron chi connectivity index (χ0n) is 8.99. The summed E-state index contributed by atoms with van der Waals surface area (Å²) in [6.45, 7) is 4.30. The van der Waals surface area contributed by atoms with E-state index in [1.165, 1.54) is 5.56 Å². The zero-order chi connectivity index (χ0) is 10.8. The molecule has 15 heavy (non-hydrogen) atoms. The number of likely N-dealkylation sites (tertiary alicyclic amines) is 1. The van der Waals surface area contributed by atoms with Crippen molar-refractivity contribution in [3.63, 3.8) is 0 Å². The molecule has 0 saturated carbocycles. The number of hydrogen-bond donors (Lipinski definition) is 1. The first-order valence-electron chi connectivity index (χ1n) is 5.45. The van der Waals surface area contributed by atoms with Crippen molar-refractivity contribution in [1.29, 1.82) is 0 Å². The molecule has 2 nitrogen and oxygen atoms in total. The second-order valence-electron chi connectivity index (χ2n) is 4.19. The second-order valence-corrected chi connectivity index (χ2v) is 5.11. The Hall–Kier alpha value is -0.380. The van der Waals surface area contributed by atoms with Crippen LogP contribution in [0.1, 0.15) is 24.9 Å². The number of hydrogen-bond acceptors (Lipinski definition) is 2. The van der Waals surface area contributed by atoms with Crippen LogP contribution < -0.4 is 5.73 Å². The van der Waals surface area contributed by atoms with Gasteiger partial charge in [0.1, 0.15) is 0 Å². The van der Waals surface area contributed by atoms with E-state index < -0.39 is 0 Å². The van der Waals surface area contributed by atoms with E-state index in [1.807, 2.05) is 0 Å². The highest BCUT2D eigenvalue weighted by Gasteiger charge is 2.29. The van der Waals surface area contributed by atoms with Crippen LogP contribution in [0.25, 0.3) is 0 Å². The van der Waals surface area contributed by atoms with Crippen LogP contribution in [0.2, 0.25) is 0 Å². The Morgan fingerprint density at radius 1 is 1.53 bits per heavy atom. The van der Waals surface area contributed by atoms with Gasteiger partial charge in [-0.3, -0.25) is 4.90 Å². The molecule has 1 aromatic rings. The minimum atomic E-state index is 0.381. The van der Waals surface area contributed by atoms with Gasteiger partial charge in [0.15, 0.2) is 0 Å². The topological polar surface area (TPSA) is 29.3 Å². The van der Waals surface area contributed by atoms with Crippen molar-refractivity contribution < 1.29 is 0 Å². The highest BCUT2D eigenvalue weighted by molar-refractivity contribution is 9.10. The molecule has 2 N–H and O–H groups in total. The van der Waals surface area contributed by atoms with E-state index in [-0.39, 0.29) is 0 Å². The molecular weight excluding hydrogens is 252 g/mol. The van der Waals surface area contributed by atoms with Crippen molar-refractivity contribution in [1.82, 2.24) is 4.90 Å². The van der Waals surface area contributed by atoms with Crippen LogP contribution >= 0.6 is 15.9 Å². The molecule has 0 amide bonds. The van der Waals surface area contributed by atoms with E-state index in [4.69, 9.17) is 5.73 Å². The van der Waals surface area contributed by atoms with Crippen LogP contribution in [0.3, 0.4) is 0 Å². The lowest BCUT2D eigenvalue weighted by atomic mass is 9.98. The summed E-state index contributed by atoms with van der Waals surface area (Å²) in [6, 6.07) is 9.48. The Morgan fingerprint density at radius 2 is 2.27 bits per heavy atom. The van der Waals surface area contributed by atoms with Gasteiger partial charge < -0.3 is 5.73 Å². The molecule has 0 aliphatic carbocycles. The van der Waals surface area contributed by atoms with Gasteiger partial charge in [-0.25, -0.2) is 0 Å². The van der Waals surface area contributed by atoms with E-state index in [9.17, 15) is 0 Å². The standard InChI is InChI=1S/C12H17BrN2/c1-2-12(15-7-11(14)8-15)9-4-3-5-10(13)6-9/h3-6,11-12H,2,7-8,14H2,1H3. The molecule has 1 aromatic carbocycles. The average molecular weight is 269 g/mol. The van der Waals surface area contributed by atoms with Crippen LogP contribution in [-0.4, -0.2) is 24.0 Å². The van der Waals surface area contributed by atoms with Crippen molar-refractivity contribution in [3.8, 4) is 0 Å². The fraction of sp³-hybridized carbons (Fsp3) is 0.500. The Labute approximate surface area is 99.6 Å². The molecule has 1 aliphatic rings. The van der Waals surface area contributed by atoms with Crippen LogP contribution in [0, 0.1) is 0 Å². The number of rotatable bonds is 3. The summed E-state index contributed by atoms with van der Waals surface area (Å²) in [7, 11) is 0. The maximum atomic E-state index is 5.82. The fourth-order valence-corrected chi connectivity index (χ4v) is 2.64. The number of benzene rings is 1. The molecule has 3 heteroatoms. The molecule has 2 rings (SSSR count). The third-order valence-electron chi connectivity index (χ3n) is 3.00. The molecule has 82 valence electrons. The van der Waals surface area contributed by atoms with E-state index in [0.29, 0.717) is 12.1 Å². The maximum Gasteiger partial charge on any atom is 0.0347 e. The summed E-state index contributed by atoms with van der Waals surface area (Å²) in [6.07, 6.45) is 1.14. The van der Waals surface area contributed by atoms with Crippen LogP contribution in [0.5, 0.6) is 0 Å². The lowest BCUT2D eigenvalue weighted by molar-refractivity contribution is 0.0910. The van der Waals surface area contributed by atoms with Gasteiger partial charge in [0.25, 0.3) is 0 Å².